The Morgan fingerprint density at radius 3 is 2.21 bits per heavy atom. The fraction of sp³-hybridized carbons (Fsp3) is 0.231. The highest BCUT2D eigenvalue weighted by Crippen LogP contribution is 2.16. The van der Waals surface area contributed by atoms with Gasteiger partial charge < -0.3 is 5.11 Å². The summed E-state index contributed by atoms with van der Waals surface area (Å²) in [4.78, 5) is 0. The van der Waals surface area contributed by atoms with E-state index in [4.69, 9.17) is 5.11 Å². The minimum absolute atomic E-state index is 0.250. The first-order valence-corrected chi connectivity index (χ1v) is 4.84. The fourth-order valence-electron chi connectivity index (χ4n) is 1.39. The molecule has 0 saturated carbocycles. The number of hydrogen-bond donors (Lipinski definition) is 1. The Balaban J connectivity index is 0.000000293. The summed E-state index contributed by atoms with van der Waals surface area (Å²) < 4.78 is 0. The molecule has 0 spiro atoms. The molecular weight excluding hydrogens is 172 g/mol. The van der Waals surface area contributed by atoms with Crippen molar-refractivity contribution in [2.45, 2.75) is 13.8 Å². The Hall–Kier alpha value is -1.34. The van der Waals surface area contributed by atoms with Crippen LogP contribution in [0.4, 0.5) is 0 Å². The maximum absolute atomic E-state index is 7.57. The third-order valence-electron chi connectivity index (χ3n) is 2.01. The third kappa shape index (κ3) is 2.57. The first kappa shape index (κ1) is 10.7. The summed E-state index contributed by atoms with van der Waals surface area (Å²) >= 11 is 0. The second kappa shape index (κ2) is 5.40. The highest BCUT2D eigenvalue weighted by atomic mass is 16.2. The van der Waals surface area contributed by atoms with Crippen LogP contribution in [-0.2, 0) is 0 Å². The lowest BCUT2D eigenvalue weighted by molar-refractivity contribution is 0.318. The van der Waals surface area contributed by atoms with Gasteiger partial charge in [0.1, 0.15) is 0 Å². The molecule has 0 bridgehead atoms. The Kier molecular flexibility index (Phi) is 4.14. The molecule has 0 aliphatic carbocycles. The molecule has 0 fully saturated rings. The standard InChI is InChI=1S/C11H10.C2H6O/c1-9-5-4-7-10-6-2-3-8-11(9)10;1-2-3/h2-8H,1H3;3H,2H2,1H3. The molecule has 14 heavy (non-hydrogen) atoms. The van der Waals surface area contributed by atoms with Crippen LogP contribution in [0.1, 0.15) is 12.5 Å². The van der Waals surface area contributed by atoms with Crippen LogP contribution in [0.3, 0.4) is 0 Å². The predicted molar refractivity (Wildman–Crippen MR) is 61.4 cm³/mol. The van der Waals surface area contributed by atoms with E-state index in [2.05, 4.69) is 49.4 Å². The first-order chi connectivity index (χ1) is 6.79. The molecule has 2 aromatic carbocycles. The normalized spacial score (nSPS) is 9.36. The Bertz CT molecular complexity index is 388. The molecule has 1 heteroatoms. The van der Waals surface area contributed by atoms with Crippen molar-refractivity contribution in [2.75, 3.05) is 6.61 Å². The Morgan fingerprint density at radius 1 is 1.00 bits per heavy atom. The van der Waals surface area contributed by atoms with Crippen molar-refractivity contribution in [1.82, 2.24) is 0 Å². The first-order valence-electron chi connectivity index (χ1n) is 4.84. The summed E-state index contributed by atoms with van der Waals surface area (Å²) in [6.45, 7) is 4.07. The van der Waals surface area contributed by atoms with Crippen molar-refractivity contribution < 1.29 is 5.11 Å². The van der Waals surface area contributed by atoms with E-state index in [-0.39, 0.29) is 6.61 Å². The summed E-state index contributed by atoms with van der Waals surface area (Å²) in [6.07, 6.45) is 0. The van der Waals surface area contributed by atoms with Crippen LogP contribution in [-0.4, -0.2) is 11.7 Å². The topological polar surface area (TPSA) is 20.2 Å². The molecule has 0 aliphatic rings. The van der Waals surface area contributed by atoms with Crippen molar-refractivity contribution in [3.05, 3.63) is 48.0 Å². The number of aliphatic hydroxyl groups is 1. The number of aliphatic hydroxyl groups excluding tert-OH is 1. The maximum atomic E-state index is 7.57. The molecule has 0 atom stereocenters. The van der Waals surface area contributed by atoms with Gasteiger partial charge in [0.15, 0.2) is 0 Å². The largest absolute Gasteiger partial charge is 0.397 e. The molecule has 74 valence electrons. The maximum Gasteiger partial charge on any atom is 0.0402 e. The van der Waals surface area contributed by atoms with E-state index in [0.717, 1.165) is 0 Å². The molecule has 0 amide bonds. The van der Waals surface area contributed by atoms with E-state index in [1.807, 2.05) is 0 Å². The molecule has 0 radical (unpaired) electrons. The van der Waals surface area contributed by atoms with Gasteiger partial charge in [0.05, 0.1) is 0 Å². The van der Waals surface area contributed by atoms with Gasteiger partial charge >= 0.3 is 0 Å². The van der Waals surface area contributed by atoms with Crippen molar-refractivity contribution >= 4 is 10.8 Å². The summed E-state index contributed by atoms with van der Waals surface area (Å²) in [5.41, 5.74) is 1.35. The van der Waals surface area contributed by atoms with Gasteiger partial charge in [-0.1, -0.05) is 42.5 Å². The van der Waals surface area contributed by atoms with Crippen molar-refractivity contribution in [3.63, 3.8) is 0 Å². The van der Waals surface area contributed by atoms with Gasteiger partial charge in [-0.3, -0.25) is 0 Å². The molecule has 1 N–H and O–H groups in total. The van der Waals surface area contributed by atoms with Gasteiger partial charge in [-0.05, 0) is 30.2 Å². The summed E-state index contributed by atoms with van der Waals surface area (Å²) in [6, 6.07) is 14.8. The quantitative estimate of drug-likeness (QED) is 0.673. The van der Waals surface area contributed by atoms with Gasteiger partial charge in [0.25, 0.3) is 0 Å². The zero-order chi connectivity index (χ0) is 10.4. The van der Waals surface area contributed by atoms with Gasteiger partial charge in [-0.15, -0.1) is 0 Å². The second-order valence-corrected chi connectivity index (χ2v) is 3.11. The minimum atomic E-state index is 0.250. The molecule has 0 saturated heterocycles. The lowest BCUT2D eigenvalue weighted by atomic mass is 10.1. The number of fused-ring (bicyclic) bond motifs is 1. The van der Waals surface area contributed by atoms with Crippen LogP contribution >= 0.6 is 0 Å². The fourth-order valence-corrected chi connectivity index (χ4v) is 1.39. The van der Waals surface area contributed by atoms with Crippen LogP contribution in [0.15, 0.2) is 42.5 Å². The van der Waals surface area contributed by atoms with Crippen molar-refractivity contribution in [1.29, 1.82) is 0 Å². The van der Waals surface area contributed by atoms with E-state index in [1.54, 1.807) is 6.92 Å². The molecule has 2 aromatic rings. The smallest absolute Gasteiger partial charge is 0.0402 e. The van der Waals surface area contributed by atoms with E-state index in [1.165, 1.54) is 16.3 Å². The molecule has 1 nitrogen and oxygen atoms in total. The lowest BCUT2D eigenvalue weighted by Gasteiger charge is -1.98. The monoisotopic (exact) mass is 188 g/mol. The van der Waals surface area contributed by atoms with Crippen LogP contribution in [0.5, 0.6) is 0 Å². The zero-order valence-corrected chi connectivity index (χ0v) is 8.70. The lowest BCUT2D eigenvalue weighted by Crippen LogP contribution is -1.75. The second-order valence-electron chi connectivity index (χ2n) is 3.11. The van der Waals surface area contributed by atoms with Crippen LogP contribution < -0.4 is 0 Å². The van der Waals surface area contributed by atoms with E-state index >= 15 is 0 Å². The highest BCUT2D eigenvalue weighted by Gasteiger charge is 1.91. The molecular formula is C13H16O. The highest BCUT2D eigenvalue weighted by molar-refractivity contribution is 5.85. The van der Waals surface area contributed by atoms with Crippen LogP contribution in [0.25, 0.3) is 10.8 Å². The SMILES string of the molecule is CCO.Cc1cccc2ccccc12. The van der Waals surface area contributed by atoms with Gasteiger partial charge in [-0.25, -0.2) is 0 Å². The summed E-state index contributed by atoms with van der Waals surface area (Å²) in [5.74, 6) is 0. The molecule has 0 unspecified atom stereocenters. The van der Waals surface area contributed by atoms with Crippen molar-refractivity contribution in [3.8, 4) is 0 Å². The molecule has 0 aromatic heterocycles. The Labute approximate surface area is 85.0 Å². The molecule has 0 aliphatic heterocycles. The number of hydrogen-bond acceptors (Lipinski definition) is 1. The van der Waals surface area contributed by atoms with Gasteiger partial charge in [-0.2, -0.15) is 0 Å². The number of rotatable bonds is 0. The number of aryl methyl sites for hydroxylation is 1. The van der Waals surface area contributed by atoms with Gasteiger partial charge in [0.2, 0.25) is 0 Å². The van der Waals surface area contributed by atoms with Gasteiger partial charge in [0, 0.05) is 6.61 Å². The molecule has 0 heterocycles. The zero-order valence-electron chi connectivity index (χ0n) is 8.70. The van der Waals surface area contributed by atoms with Crippen LogP contribution in [0, 0.1) is 6.92 Å². The van der Waals surface area contributed by atoms with E-state index < -0.39 is 0 Å². The van der Waals surface area contributed by atoms with Crippen molar-refractivity contribution in [2.24, 2.45) is 0 Å². The van der Waals surface area contributed by atoms with E-state index in [9.17, 15) is 0 Å². The minimum Gasteiger partial charge on any atom is -0.397 e. The molecule has 2 rings (SSSR count). The summed E-state index contributed by atoms with van der Waals surface area (Å²) in [5, 5.41) is 10.3. The summed E-state index contributed by atoms with van der Waals surface area (Å²) in [7, 11) is 0. The predicted octanol–water partition coefficient (Wildman–Crippen LogP) is 3.15. The average molecular weight is 188 g/mol. The Morgan fingerprint density at radius 2 is 1.57 bits per heavy atom. The van der Waals surface area contributed by atoms with E-state index in [0.29, 0.717) is 0 Å². The third-order valence-corrected chi connectivity index (χ3v) is 2.01. The average Bonchev–Trinajstić information content (AvgIpc) is 2.20. The number of benzene rings is 2. The van der Waals surface area contributed by atoms with Crippen LogP contribution in [0.2, 0.25) is 0 Å².